The van der Waals surface area contributed by atoms with Crippen LogP contribution in [0.4, 0.5) is 0 Å². The fourth-order valence-corrected chi connectivity index (χ4v) is 2.28. The molecule has 3 nitrogen and oxygen atoms in total. The Morgan fingerprint density at radius 1 is 1.10 bits per heavy atom. The van der Waals surface area contributed by atoms with Crippen molar-refractivity contribution in [1.82, 2.24) is 14.9 Å². The number of nitrogens with zero attached hydrogens (tertiary/aromatic N) is 2. The third kappa shape index (κ3) is 3.83. The molecule has 0 atom stereocenters. The molecule has 1 aromatic carbocycles. The van der Waals surface area contributed by atoms with E-state index in [4.69, 9.17) is 0 Å². The maximum absolute atomic E-state index is 4.49. The molecule has 0 saturated carbocycles. The minimum atomic E-state index is 0.406. The highest BCUT2D eigenvalue weighted by molar-refractivity contribution is 5.77. The van der Waals surface area contributed by atoms with Crippen LogP contribution < -0.4 is 5.32 Å². The van der Waals surface area contributed by atoms with E-state index in [1.165, 1.54) is 23.1 Å². The van der Waals surface area contributed by atoms with Gasteiger partial charge in [0, 0.05) is 13.1 Å². The molecule has 1 aromatic heterocycles. The fourth-order valence-electron chi connectivity index (χ4n) is 2.28. The molecular formula is C17H27N3. The summed E-state index contributed by atoms with van der Waals surface area (Å²) in [6.07, 6.45) is 3.16. The number of aryl methyl sites for hydroxylation is 2. The Balaban J connectivity index is 1.92. The summed E-state index contributed by atoms with van der Waals surface area (Å²) in [6.45, 7) is 14.2. The van der Waals surface area contributed by atoms with Gasteiger partial charge in [-0.1, -0.05) is 20.8 Å². The molecule has 0 aliphatic heterocycles. The lowest BCUT2D eigenvalue weighted by atomic mass is 9.92. The molecule has 0 saturated heterocycles. The Kier molecular flexibility index (Phi) is 4.48. The van der Waals surface area contributed by atoms with Gasteiger partial charge in [-0.3, -0.25) is 0 Å². The highest BCUT2D eigenvalue weighted by Crippen LogP contribution is 2.18. The summed E-state index contributed by atoms with van der Waals surface area (Å²) in [6, 6.07) is 4.42. The van der Waals surface area contributed by atoms with Crippen LogP contribution in [-0.2, 0) is 6.54 Å². The Bertz CT molecular complexity index is 576. The van der Waals surface area contributed by atoms with Crippen LogP contribution >= 0.6 is 0 Å². The number of hydrogen-bond acceptors (Lipinski definition) is 2. The van der Waals surface area contributed by atoms with E-state index >= 15 is 0 Å². The molecule has 20 heavy (non-hydrogen) atoms. The zero-order valence-corrected chi connectivity index (χ0v) is 13.5. The molecule has 0 aliphatic carbocycles. The average molecular weight is 273 g/mol. The van der Waals surface area contributed by atoms with Crippen LogP contribution in [0.1, 0.15) is 38.3 Å². The molecule has 2 aromatic rings. The minimum absolute atomic E-state index is 0.406. The van der Waals surface area contributed by atoms with Gasteiger partial charge >= 0.3 is 0 Å². The SMILES string of the molecule is Cc1cc2ncn(CCNCCC(C)(C)C)c2cc1C. The van der Waals surface area contributed by atoms with Crippen molar-refractivity contribution in [1.29, 1.82) is 0 Å². The number of hydrogen-bond donors (Lipinski definition) is 1. The van der Waals surface area contributed by atoms with Gasteiger partial charge in [-0.15, -0.1) is 0 Å². The van der Waals surface area contributed by atoms with Crippen LogP contribution in [0, 0.1) is 19.3 Å². The van der Waals surface area contributed by atoms with Crippen molar-refractivity contribution >= 4 is 11.0 Å². The standard InChI is InChI=1S/C17H27N3/c1-13-10-15-16(11-14(13)2)20(12-19-15)9-8-18-7-6-17(3,4)5/h10-12,18H,6-9H2,1-5H3. The normalized spacial score (nSPS) is 12.2. The Labute approximate surface area is 122 Å². The summed E-state index contributed by atoms with van der Waals surface area (Å²) in [4.78, 5) is 4.49. The maximum Gasteiger partial charge on any atom is 0.0958 e. The van der Waals surface area contributed by atoms with Crippen molar-refractivity contribution in [3.63, 3.8) is 0 Å². The van der Waals surface area contributed by atoms with Crippen molar-refractivity contribution in [2.75, 3.05) is 13.1 Å². The summed E-state index contributed by atoms with van der Waals surface area (Å²) in [7, 11) is 0. The first kappa shape index (κ1) is 15.0. The molecule has 0 aliphatic rings. The van der Waals surface area contributed by atoms with Crippen molar-refractivity contribution in [2.24, 2.45) is 5.41 Å². The number of aromatic nitrogens is 2. The van der Waals surface area contributed by atoms with E-state index in [2.05, 4.69) is 61.6 Å². The monoisotopic (exact) mass is 273 g/mol. The number of rotatable bonds is 5. The summed E-state index contributed by atoms with van der Waals surface area (Å²) in [5, 5.41) is 3.52. The molecule has 3 heteroatoms. The first-order chi connectivity index (χ1) is 9.37. The first-order valence-corrected chi connectivity index (χ1v) is 7.50. The zero-order chi connectivity index (χ0) is 14.8. The van der Waals surface area contributed by atoms with Gasteiger partial charge in [0.25, 0.3) is 0 Å². The van der Waals surface area contributed by atoms with Gasteiger partial charge in [-0.25, -0.2) is 4.98 Å². The molecule has 1 heterocycles. The third-order valence-electron chi connectivity index (χ3n) is 3.82. The predicted molar refractivity (Wildman–Crippen MR) is 86.1 cm³/mol. The average Bonchev–Trinajstić information content (AvgIpc) is 2.71. The van der Waals surface area contributed by atoms with Gasteiger partial charge in [-0.05, 0) is 55.5 Å². The van der Waals surface area contributed by atoms with E-state index in [0.717, 1.165) is 25.2 Å². The van der Waals surface area contributed by atoms with E-state index in [0.29, 0.717) is 5.41 Å². The van der Waals surface area contributed by atoms with Crippen LogP contribution in [0.5, 0.6) is 0 Å². The smallest absolute Gasteiger partial charge is 0.0958 e. The number of fused-ring (bicyclic) bond motifs is 1. The van der Waals surface area contributed by atoms with Crippen LogP contribution in [0.2, 0.25) is 0 Å². The van der Waals surface area contributed by atoms with Gasteiger partial charge in [0.2, 0.25) is 0 Å². The molecule has 0 radical (unpaired) electrons. The molecule has 0 spiro atoms. The van der Waals surface area contributed by atoms with E-state index in [9.17, 15) is 0 Å². The van der Waals surface area contributed by atoms with Gasteiger partial charge in [-0.2, -0.15) is 0 Å². The second kappa shape index (κ2) is 5.96. The molecule has 1 N–H and O–H groups in total. The van der Waals surface area contributed by atoms with E-state index in [1.807, 2.05) is 6.33 Å². The van der Waals surface area contributed by atoms with Crippen LogP contribution in [0.25, 0.3) is 11.0 Å². The molecular weight excluding hydrogens is 246 g/mol. The Hall–Kier alpha value is -1.35. The molecule has 0 fully saturated rings. The van der Waals surface area contributed by atoms with Crippen LogP contribution in [-0.4, -0.2) is 22.6 Å². The van der Waals surface area contributed by atoms with Crippen molar-refractivity contribution in [2.45, 2.75) is 47.6 Å². The lowest BCUT2D eigenvalue weighted by Crippen LogP contribution is -2.24. The Morgan fingerprint density at radius 3 is 2.50 bits per heavy atom. The van der Waals surface area contributed by atoms with E-state index in [1.54, 1.807) is 0 Å². The molecule has 0 bridgehead atoms. The topological polar surface area (TPSA) is 29.9 Å². The summed E-state index contributed by atoms with van der Waals surface area (Å²) >= 11 is 0. The van der Waals surface area contributed by atoms with Crippen molar-refractivity contribution in [3.05, 3.63) is 29.6 Å². The number of benzene rings is 1. The molecule has 110 valence electrons. The van der Waals surface area contributed by atoms with E-state index in [-0.39, 0.29) is 0 Å². The van der Waals surface area contributed by atoms with Gasteiger partial charge in [0.05, 0.1) is 17.4 Å². The predicted octanol–water partition coefficient (Wildman–Crippen LogP) is 3.68. The minimum Gasteiger partial charge on any atom is -0.329 e. The first-order valence-electron chi connectivity index (χ1n) is 7.50. The second-order valence-corrected chi connectivity index (χ2v) is 6.92. The summed E-state index contributed by atoms with van der Waals surface area (Å²) < 4.78 is 2.24. The second-order valence-electron chi connectivity index (χ2n) is 6.92. The number of nitrogens with one attached hydrogen (secondary N) is 1. The summed E-state index contributed by atoms with van der Waals surface area (Å²) in [5.74, 6) is 0. The largest absolute Gasteiger partial charge is 0.329 e. The lowest BCUT2D eigenvalue weighted by molar-refractivity contribution is 0.365. The quantitative estimate of drug-likeness (QED) is 0.842. The van der Waals surface area contributed by atoms with Crippen LogP contribution in [0.3, 0.4) is 0 Å². The Morgan fingerprint density at radius 2 is 1.80 bits per heavy atom. The van der Waals surface area contributed by atoms with Crippen LogP contribution in [0.15, 0.2) is 18.5 Å². The van der Waals surface area contributed by atoms with Crippen molar-refractivity contribution < 1.29 is 0 Å². The molecule has 2 rings (SSSR count). The molecule has 0 unspecified atom stereocenters. The summed E-state index contributed by atoms with van der Waals surface area (Å²) in [5.41, 5.74) is 5.39. The zero-order valence-electron chi connectivity index (χ0n) is 13.5. The number of imidazole rings is 1. The van der Waals surface area contributed by atoms with Gasteiger partial charge in [0.1, 0.15) is 0 Å². The fraction of sp³-hybridized carbons (Fsp3) is 0.588. The third-order valence-corrected chi connectivity index (χ3v) is 3.82. The van der Waals surface area contributed by atoms with Gasteiger partial charge in [0.15, 0.2) is 0 Å². The van der Waals surface area contributed by atoms with Crippen molar-refractivity contribution in [3.8, 4) is 0 Å². The highest BCUT2D eigenvalue weighted by atomic mass is 15.1. The maximum atomic E-state index is 4.49. The van der Waals surface area contributed by atoms with Gasteiger partial charge < -0.3 is 9.88 Å². The lowest BCUT2D eigenvalue weighted by Gasteiger charge is -2.18. The highest BCUT2D eigenvalue weighted by Gasteiger charge is 2.09. The molecule has 0 amide bonds. The van der Waals surface area contributed by atoms with E-state index < -0.39 is 0 Å².